The number of rotatable bonds is 4. The van der Waals surface area contributed by atoms with Gasteiger partial charge in [0.05, 0.1) is 25.3 Å². The molecule has 0 radical (unpaired) electrons. The van der Waals surface area contributed by atoms with Gasteiger partial charge in [-0.3, -0.25) is 9.59 Å². The highest BCUT2D eigenvalue weighted by atomic mass is 32.1. The molecule has 0 aliphatic carbocycles. The zero-order chi connectivity index (χ0) is 16.9. The normalized spacial score (nSPS) is 20.6. The average Bonchev–Trinajstić information content (AvgIpc) is 3.15. The van der Waals surface area contributed by atoms with Crippen LogP contribution >= 0.6 is 11.3 Å². The Morgan fingerprint density at radius 3 is 2.79 bits per heavy atom. The molecule has 3 rings (SSSR count). The number of amides is 2. The molecule has 5 nitrogen and oxygen atoms in total. The first-order chi connectivity index (χ1) is 11.6. The van der Waals surface area contributed by atoms with Crippen molar-refractivity contribution >= 4 is 23.2 Å². The standard InChI is InChI=1S/C18H20N2O3S/c1-13-10-20(16(11-23-13)14-5-3-2-4-6-14)17(21)9-19-18(22)15-7-8-24-12-15/h2-8,12-13,16H,9-11H2,1H3,(H,19,22)/t13-,16-/m0/s1. The molecule has 1 fully saturated rings. The van der Waals surface area contributed by atoms with E-state index in [0.29, 0.717) is 18.7 Å². The Morgan fingerprint density at radius 1 is 1.29 bits per heavy atom. The highest BCUT2D eigenvalue weighted by Gasteiger charge is 2.31. The van der Waals surface area contributed by atoms with Crippen LogP contribution in [0.5, 0.6) is 0 Å². The molecule has 0 saturated carbocycles. The number of carbonyl (C=O) groups excluding carboxylic acids is 2. The zero-order valence-corrected chi connectivity index (χ0v) is 14.3. The van der Waals surface area contributed by atoms with Crippen molar-refractivity contribution in [2.45, 2.75) is 19.1 Å². The Morgan fingerprint density at radius 2 is 2.08 bits per heavy atom. The Bertz CT molecular complexity index is 688. The molecule has 1 N–H and O–H groups in total. The molecule has 1 aliphatic heterocycles. The summed E-state index contributed by atoms with van der Waals surface area (Å²) in [5.74, 6) is -0.315. The number of benzene rings is 1. The van der Waals surface area contributed by atoms with Crippen LogP contribution in [0.2, 0.25) is 0 Å². The van der Waals surface area contributed by atoms with Crippen LogP contribution in [0, 0.1) is 0 Å². The molecule has 0 bridgehead atoms. The highest BCUT2D eigenvalue weighted by Crippen LogP contribution is 2.26. The van der Waals surface area contributed by atoms with Gasteiger partial charge in [-0.2, -0.15) is 11.3 Å². The Labute approximate surface area is 145 Å². The molecular formula is C18H20N2O3S. The van der Waals surface area contributed by atoms with Gasteiger partial charge in [-0.05, 0) is 23.9 Å². The third-order valence-corrected chi connectivity index (χ3v) is 4.74. The van der Waals surface area contributed by atoms with Crippen molar-refractivity contribution in [3.8, 4) is 0 Å². The number of carbonyl (C=O) groups is 2. The van der Waals surface area contributed by atoms with Gasteiger partial charge >= 0.3 is 0 Å². The molecule has 1 aromatic heterocycles. The van der Waals surface area contributed by atoms with E-state index in [1.54, 1.807) is 16.3 Å². The third kappa shape index (κ3) is 3.83. The fraction of sp³-hybridized carbons (Fsp3) is 0.333. The minimum absolute atomic E-state index is 0.00919. The number of nitrogens with one attached hydrogen (secondary N) is 1. The molecule has 2 amide bonds. The number of hydrogen-bond acceptors (Lipinski definition) is 4. The minimum atomic E-state index is -0.220. The first kappa shape index (κ1) is 16.7. The van der Waals surface area contributed by atoms with Crippen LogP contribution in [0.3, 0.4) is 0 Å². The molecule has 0 unspecified atom stereocenters. The molecule has 6 heteroatoms. The van der Waals surface area contributed by atoms with Crippen LogP contribution in [0.15, 0.2) is 47.2 Å². The lowest BCUT2D eigenvalue weighted by Gasteiger charge is -2.39. The molecular weight excluding hydrogens is 324 g/mol. The lowest BCUT2D eigenvalue weighted by molar-refractivity contribution is -0.143. The van der Waals surface area contributed by atoms with E-state index in [1.165, 1.54) is 11.3 Å². The summed E-state index contributed by atoms with van der Waals surface area (Å²) in [5, 5.41) is 6.31. The van der Waals surface area contributed by atoms with Crippen molar-refractivity contribution < 1.29 is 14.3 Å². The second kappa shape index (κ2) is 7.59. The van der Waals surface area contributed by atoms with Crippen LogP contribution in [0.1, 0.15) is 28.9 Å². The van der Waals surface area contributed by atoms with E-state index >= 15 is 0 Å². The van der Waals surface area contributed by atoms with Crippen LogP contribution in [0.4, 0.5) is 0 Å². The lowest BCUT2D eigenvalue weighted by Crippen LogP contribution is -2.50. The van der Waals surface area contributed by atoms with E-state index in [4.69, 9.17) is 4.74 Å². The fourth-order valence-corrected chi connectivity index (χ4v) is 3.42. The predicted molar refractivity (Wildman–Crippen MR) is 93.0 cm³/mol. The Balaban J connectivity index is 1.67. The largest absolute Gasteiger partial charge is 0.374 e. The number of nitrogens with zero attached hydrogens (tertiary/aromatic N) is 1. The van der Waals surface area contributed by atoms with Crippen LogP contribution in [-0.2, 0) is 9.53 Å². The number of thiophene rings is 1. The molecule has 1 saturated heterocycles. The van der Waals surface area contributed by atoms with Gasteiger partial charge in [0.1, 0.15) is 0 Å². The third-order valence-electron chi connectivity index (χ3n) is 4.06. The molecule has 1 aliphatic rings. The van der Waals surface area contributed by atoms with Gasteiger partial charge in [-0.25, -0.2) is 0 Å². The molecule has 2 heterocycles. The quantitative estimate of drug-likeness (QED) is 0.927. The number of hydrogen-bond donors (Lipinski definition) is 1. The van der Waals surface area contributed by atoms with Crippen molar-refractivity contribution in [1.82, 2.24) is 10.2 Å². The fourth-order valence-electron chi connectivity index (χ4n) is 2.78. The van der Waals surface area contributed by atoms with E-state index in [-0.39, 0.29) is 30.5 Å². The van der Waals surface area contributed by atoms with Crippen molar-refractivity contribution in [3.63, 3.8) is 0 Å². The van der Waals surface area contributed by atoms with Gasteiger partial charge < -0.3 is 15.0 Å². The smallest absolute Gasteiger partial charge is 0.252 e. The zero-order valence-electron chi connectivity index (χ0n) is 13.5. The van der Waals surface area contributed by atoms with E-state index < -0.39 is 0 Å². The maximum Gasteiger partial charge on any atom is 0.252 e. The van der Waals surface area contributed by atoms with Crippen molar-refractivity contribution in [3.05, 3.63) is 58.3 Å². The van der Waals surface area contributed by atoms with Crippen LogP contribution < -0.4 is 5.32 Å². The summed E-state index contributed by atoms with van der Waals surface area (Å²) in [6.07, 6.45) is -0.0125. The van der Waals surface area contributed by atoms with Crippen molar-refractivity contribution in [2.75, 3.05) is 19.7 Å². The van der Waals surface area contributed by atoms with E-state index in [9.17, 15) is 9.59 Å². The molecule has 0 spiro atoms. The first-order valence-electron chi connectivity index (χ1n) is 7.91. The van der Waals surface area contributed by atoms with Gasteiger partial charge in [-0.15, -0.1) is 0 Å². The summed E-state index contributed by atoms with van der Waals surface area (Å²) < 4.78 is 5.73. The topological polar surface area (TPSA) is 58.6 Å². The van der Waals surface area contributed by atoms with Gasteiger partial charge in [-0.1, -0.05) is 30.3 Å². The van der Waals surface area contributed by atoms with E-state index in [2.05, 4.69) is 5.32 Å². The predicted octanol–water partition coefficient (Wildman–Crippen LogP) is 2.47. The van der Waals surface area contributed by atoms with Gasteiger partial charge in [0.2, 0.25) is 5.91 Å². The molecule has 24 heavy (non-hydrogen) atoms. The van der Waals surface area contributed by atoms with Crippen LogP contribution in [-0.4, -0.2) is 42.5 Å². The maximum absolute atomic E-state index is 12.7. The van der Waals surface area contributed by atoms with Gasteiger partial charge in [0, 0.05) is 17.5 Å². The number of morpholine rings is 1. The summed E-state index contributed by atoms with van der Waals surface area (Å²) in [6, 6.07) is 11.5. The van der Waals surface area contributed by atoms with Gasteiger partial charge in [0.25, 0.3) is 5.91 Å². The highest BCUT2D eigenvalue weighted by molar-refractivity contribution is 7.08. The van der Waals surface area contributed by atoms with Crippen molar-refractivity contribution in [2.24, 2.45) is 0 Å². The molecule has 2 atom stereocenters. The summed E-state index contributed by atoms with van der Waals surface area (Å²) >= 11 is 1.46. The summed E-state index contributed by atoms with van der Waals surface area (Å²) in [5.41, 5.74) is 1.63. The first-order valence-corrected chi connectivity index (χ1v) is 8.86. The second-order valence-corrected chi connectivity index (χ2v) is 6.59. The number of ether oxygens (including phenoxy) is 1. The second-order valence-electron chi connectivity index (χ2n) is 5.81. The Kier molecular flexibility index (Phi) is 5.27. The monoisotopic (exact) mass is 344 g/mol. The molecule has 1 aromatic carbocycles. The van der Waals surface area contributed by atoms with E-state index in [0.717, 1.165) is 5.56 Å². The molecule has 2 aromatic rings. The lowest BCUT2D eigenvalue weighted by atomic mass is 10.0. The molecule has 126 valence electrons. The summed E-state index contributed by atoms with van der Waals surface area (Å²) in [6.45, 7) is 2.93. The van der Waals surface area contributed by atoms with Crippen molar-refractivity contribution in [1.29, 1.82) is 0 Å². The minimum Gasteiger partial charge on any atom is -0.374 e. The Hall–Kier alpha value is -2.18. The van der Waals surface area contributed by atoms with Crippen LogP contribution in [0.25, 0.3) is 0 Å². The van der Waals surface area contributed by atoms with E-state index in [1.807, 2.05) is 42.6 Å². The summed E-state index contributed by atoms with van der Waals surface area (Å²) in [7, 11) is 0. The van der Waals surface area contributed by atoms with Gasteiger partial charge in [0.15, 0.2) is 0 Å². The maximum atomic E-state index is 12.7. The average molecular weight is 344 g/mol. The SMILES string of the molecule is C[C@H]1CN(C(=O)CNC(=O)c2ccsc2)[C@H](c2ccccc2)CO1. The summed E-state index contributed by atoms with van der Waals surface area (Å²) in [4.78, 5) is 26.5.